The van der Waals surface area contributed by atoms with Gasteiger partial charge in [-0.2, -0.15) is 0 Å². The lowest BCUT2D eigenvalue weighted by atomic mass is 10.2. The molecule has 0 bridgehead atoms. The molecule has 0 spiro atoms. The number of hydrogen-bond acceptors (Lipinski definition) is 7. The molecular weight excluding hydrogens is 468 g/mol. The van der Waals surface area contributed by atoms with Gasteiger partial charge in [0.1, 0.15) is 11.6 Å². The zero-order valence-electron chi connectivity index (χ0n) is 17.4. The molecular formula is C21H20N4O6S2. The molecule has 0 radical (unpaired) electrons. The quantitative estimate of drug-likeness (QED) is 0.542. The SMILES string of the molecule is CS(=O)(=O)N1CC(C(=O)Nc2ccc(S(=O)(=O)Nc3ccccn3)cc2)Oc2ccccc21. The fraction of sp³-hybridized carbons (Fsp3) is 0.143. The highest BCUT2D eigenvalue weighted by Crippen LogP contribution is 2.34. The Labute approximate surface area is 191 Å². The van der Waals surface area contributed by atoms with Gasteiger partial charge in [-0.1, -0.05) is 18.2 Å². The smallest absolute Gasteiger partial charge is 0.267 e. The molecule has 2 N–H and O–H groups in total. The lowest BCUT2D eigenvalue weighted by molar-refractivity contribution is -0.122. The number of nitrogens with zero attached hydrogens (tertiary/aromatic N) is 2. The molecule has 1 amide bonds. The van der Waals surface area contributed by atoms with E-state index in [1.54, 1.807) is 36.4 Å². The van der Waals surface area contributed by atoms with E-state index in [1.807, 2.05) is 0 Å². The minimum Gasteiger partial charge on any atom is -0.476 e. The highest BCUT2D eigenvalue weighted by Gasteiger charge is 2.34. The van der Waals surface area contributed by atoms with Gasteiger partial charge in [-0.15, -0.1) is 0 Å². The predicted molar refractivity (Wildman–Crippen MR) is 123 cm³/mol. The third-order valence-electron chi connectivity index (χ3n) is 4.76. The van der Waals surface area contributed by atoms with Crippen LogP contribution in [-0.2, 0) is 24.8 Å². The second-order valence-corrected chi connectivity index (χ2v) is 10.8. The molecule has 10 nitrogen and oxygen atoms in total. The molecule has 1 aliphatic rings. The van der Waals surface area contributed by atoms with Gasteiger partial charge in [-0.3, -0.25) is 13.8 Å². The first-order chi connectivity index (χ1) is 15.6. The van der Waals surface area contributed by atoms with Crippen LogP contribution in [0.1, 0.15) is 0 Å². The van der Waals surface area contributed by atoms with Crippen LogP contribution in [-0.4, -0.2) is 46.6 Å². The summed E-state index contributed by atoms with van der Waals surface area (Å²) in [5.74, 6) is -0.114. The molecule has 0 fully saturated rings. The fourth-order valence-electron chi connectivity index (χ4n) is 3.21. The van der Waals surface area contributed by atoms with E-state index in [9.17, 15) is 21.6 Å². The number of hydrogen-bond donors (Lipinski definition) is 2. The molecule has 1 unspecified atom stereocenters. The van der Waals surface area contributed by atoms with Crippen LogP contribution < -0.4 is 19.1 Å². The van der Waals surface area contributed by atoms with E-state index in [2.05, 4.69) is 15.0 Å². The van der Waals surface area contributed by atoms with Crippen LogP contribution in [0.2, 0.25) is 0 Å². The average Bonchev–Trinajstić information content (AvgIpc) is 2.78. The molecule has 3 aromatic rings. The number of carbonyl (C=O) groups is 1. The fourth-order valence-corrected chi connectivity index (χ4v) is 5.14. The van der Waals surface area contributed by atoms with Crippen LogP contribution in [0.4, 0.5) is 17.2 Å². The highest BCUT2D eigenvalue weighted by atomic mass is 32.2. The third kappa shape index (κ3) is 5.07. The maximum atomic E-state index is 12.8. The van der Waals surface area contributed by atoms with Crippen LogP contribution in [0.5, 0.6) is 5.75 Å². The summed E-state index contributed by atoms with van der Waals surface area (Å²) in [5, 5.41) is 2.63. The van der Waals surface area contributed by atoms with E-state index in [0.29, 0.717) is 11.4 Å². The Kier molecular flexibility index (Phi) is 5.95. The number of pyridine rings is 1. The second kappa shape index (κ2) is 8.71. The molecule has 1 aliphatic heterocycles. The molecule has 2 aromatic carbocycles. The van der Waals surface area contributed by atoms with E-state index in [1.165, 1.54) is 36.5 Å². The van der Waals surface area contributed by atoms with Crippen molar-refractivity contribution in [2.24, 2.45) is 0 Å². The van der Waals surface area contributed by atoms with Gasteiger partial charge in [0.05, 0.1) is 23.4 Å². The van der Waals surface area contributed by atoms with Gasteiger partial charge < -0.3 is 10.1 Å². The van der Waals surface area contributed by atoms with Crippen LogP contribution in [0.15, 0.2) is 77.8 Å². The van der Waals surface area contributed by atoms with Crippen molar-refractivity contribution >= 4 is 43.1 Å². The number of rotatable bonds is 6. The van der Waals surface area contributed by atoms with Gasteiger partial charge in [0.15, 0.2) is 6.10 Å². The summed E-state index contributed by atoms with van der Waals surface area (Å²) in [6, 6.07) is 16.9. The van der Waals surface area contributed by atoms with E-state index >= 15 is 0 Å². The van der Waals surface area contributed by atoms with Gasteiger partial charge in [0, 0.05) is 11.9 Å². The molecule has 33 heavy (non-hydrogen) atoms. The Morgan fingerprint density at radius 3 is 2.36 bits per heavy atom. The molecule has 0 saturated heterocycles. The van der Waals surface area contributed by atoms with Crippen molar-refractivity contribution in [2.75, 3.05) is 27.1 Å². The van der Waals surface area contributed by atoms with E-state index in [0.717, 1.165) is 10.6 Å². The average molecular weight is 489 g/mol. The number of aromatic nitrogens is 1. The van der Waals surface area contributed by atoms with Crippen molar-refractivity contribution in [3.63, 3.8) is 0 Å². The molecule has 1 aromatic heterocycles. The number of sulfonamides is 2. The minimum atomic E-state index is -3.86. The van der Waals surface area contributed by atoms with Crippen molar-refractivity contribution in [2.45, 2.75) is 11.0 Å². The Morgan fingerprint density at radius 1 is 1.00 bits per heavy atom. The Hall–Kier alpha value is -3.64. The summed E-state index contributed by atoms with van der Waals surface area (Å²) in [6.07, 6.45) is 1.43. The Balaban J connectivity index is 1.48. The van der Waals surface area contributed by atoms with Gasteiger partial charge >= 0.3 is 0 Å². The Bertz CT molecular complexity index is 1380. The monoisotopic (exact) mass is 488 g/mol. The van der Waals surface area contributed by atoms with Crippen LogP contribution in [0, 0.1) is 0 Å². The number of anilines is 3. The summed E-state index contributed by atoms with van der Waals surface area (Å²) in [6.45, 7) is -0.192. The van der Waals surface area contributed by atoms with Gasteiger partial charge in [0.2, 0.25) is 10.0 Å². The summed E-state index contributed by atoms with van der Waals surface area (Å²) in [5.41, 5.74) is 0.684. The molecule has 0 aliphatic carbocycles. The summed E-state index contributed by atoms with van der Waals surface area (Å²) in [7, 11) is -7.49. The van der Waals surface area contributed by atoms with E-state index in [4.69, 9.17) is 4.74 Å². The zero-order chi connectivity index (χ0) is 23.6. The number of benzene rings is 2. The number of amides is 1. The molecule has 12 heteroatoms. The largest absolute Gasteiger partial charge is 0.476 e. The van der Waals surface area contributed by atoms with Crippen LogP contribution in [0.3, 0.4) is 0 Å². The number of carbonyl (C=O) groups excluding carboxylic acids is 1. The van der Waals surface area contributed by atoms with Crippen molar-refractivity contribution in [1.82, 2.24) is 4.98 Å². The number of nitrogens with one attached hydrogen (secondary N) is 2. The molecule has 172 valence electrons. The standard InChI is InChI=1S/C21H20N4O6S2/c1-32(27,28)25-14-19(31-18-7-3-2-6-17(18)25)21(26)23-15-9-11-16(12-10-15)33(29,30)24-20-8-4-5-13-22-20/h2-13,19H,14H2,1H3,(H,22,24)(H,23,26). The predicted octanol–water partition coefficient (Wildman–Crippen LogP) is 2.05. The maximum absolute atomic E-state index is 12.8. The first kappa shape index (κ1) is 22.6. The van der Waals surface area contributed by atoms with Crippen molar-refractivity contribution in [3.8, 4) is 5.75 Å². The van der Waals surface area contributed by atoms with E-state index in [-0.39, 0.29) is 23.0 Å². The lowest BCUT2D eigenvalue weighted by Gasteiger charge is -2.33. The normalized spacial score (nSPS) is 15.8. The maximum Gasteiger partial charge on any atom is 0.267 e. The van der Waals surface area contributed by atoms with Crippen LogP contribution in [0.25, 0.3) is 0 Å². The number of ether oxygens (including phenoxy) is 1. The first-order valence-electron chi connectivity index (χ1n) is 9.72. The number of fused-ring (bicyclic) bond motifs is 1. The van der Waals surface area contributed by atoms with Gasteiger partial charge in [-0.05, 0) is 48.5 Å². The highest BCUT2D eigenvalue weighted by molar-refractivity contribution is 7.92. The first-order valence-corrected chi connectivity index (χ1v) is 13.0. The molecule has 1 atom stereocenters. The van der Waals surface area contributed by atoms with Crippen molar-refractivity contribution in [1.29, 1.82) is 0 Å². The van der Waals surface area contributed by atoms with Crippen LogP contribution >= 0.6 is 0 Å². The zero-order valence-corrected chi connectivity index (χ0v) is 19.0. The summed E-state index contributed by atoms with van der Waals surface area (Å²) >= 11 is 0. The van der Waals surface area contributed by atoms with Gasteiger partial charge in [-0.25, -0.2) is 21.8 Å². The summed E-state index contributed by atoms with van der Waals surface area (Å²) in [4.78, 5) is 16.7. The van der Waals surface area contributed by atoms with Crippen molar-refractivity contribution in [3.05, 3.63) is 72.9 Å². The molecule has 4 rings (SSSR count). The number of para-hydroxylation sites is 2. The molecule has 2 heterocycles. The second-order valence-electron chi connectivity index (χ2n) is 7.20. The summed E-state index contributed by atoms with van der Waals surface area (Å²) < 4.78 is 58.6. The lowest BCUT2D eigenvalue weighted by Crippen LogP contribution is -2.48. The van der Waals surface area contributed by atoms with Crippen molar-refractivity contribution < 1.29 is 26.4 Å². The van der Waals surface area contributed by atoms with Gasteiger partial charge in [0.25, 0.3) is 15.9 Å². The topological polar surface area (TPSA) is 135 Å². The molecule has 0 saturated carbocycles. The Morgan fingerprint density at radius 2 is 1.70 bits per heavy atom. The van der Waals surface area contributed by atoms with E-state index < -0.39 is 32.1 Å². The third-order valence-corrected chi connectivity index (χ3v) is 7.28. The minimum absolute atomic E-state index is 0.0164.